The molecule has 3 heteroatoms. The molecule has 0 radical (unpaired) electrons. The van der Waals surface area contributed by atoms with Crippen LogP contribution in [0.5, 0.6) is 0 Å². The Balaban J connectivity index is 4.12. The summed E-state index contributed by atoms with van der Waals surface area (Å²) in [5.74, 6) is -0.949. The van der Waals surface area contributed by atoms with Crippen LogP contribution in [0.2, 0.25) is 0 Å². The molecule has 3 nitrogen and oxygen atoms in total. The molecule has 0 atom stereocenters. The van der Waals surface area contributed by atoms with Gasteiger partial charge < -0.3 is 9.84 Å². The third-order valence-corrected chi connectivity index (χ3v) is 1.17. The van der Waals surface area contributed by atoms with E-state index in [0.717, 1.165) is 6.08 Å². The second-order valence-electron chi connectivity index (χ2n) is 3.44. The number of hydrogen-bond acceptors (Lipinski definition) is 2. The fourth-order valence-electron chi connectivity index (χ4n) is 0.919. The van der Waals surface area contributed by atoms with Gasteiger partial charge in [0.25, 0.3) is 0 Å². The minimum Gasteiger partial charge on any atom is -0.478 e. The highest BCUT2D eigenvalue weighted by molar-refractivity contribution is 5.79. The molecule has 0 saturated carbocycles. The molecule has 0 amide bonds. The molecule has 0 spiro atoms. The maximum absolute atomic E-state index is 10.2. The SMILES string of the molecule is CC(C)OC(C)(C)/C=C/C(=O)O. The summed E-state index contributed by atoms with van der Waals surface area (Å²) in [5.41, 5.74) is -0.507. The molecule has 0 unspecified atom stereocenters. The van der Waals surface area contributed by atoms with E-state index in [1.165, 1.54) is 6.08 Å². The van der Waals surface area contributed by atoms with E-state index >= 15 is 0 Å². The summed E-state index contributed by atoms with van der Waals surface area (Å²) >= 11 is 0. The lowest BCUT2D eigenvalue weighted by molar-refractivity contribution is -0.131. The first-order chi connectivity index (χ1) is 5.33. The molecule has 0 aromatic heterocycles. The number of aliphatic carboxylic acids is 1. The molecule has 0 bridgehead atoms. The summed E-state index contributed by atoms with van der Waals surface area (Å²) in [6.45, 7) is 7.48. The number of carboxylic acids is 1. The van der Waals surface area contributed by atoms with Crippen molar-refractivity contribution in [3.63, 3.8) is 0 Å². The van der Waals surface area contributed by atoms with Gasteiger partial charge in [-0.3, -0.25) is 0 Å². The maximum Gasteiger partial charge on any atom is 0.328 e. The second-order valence-corrected chi connectivity index (χ2v) is 3.44. The number of ether oxygens (including phenoxy) is 1. The van der Waals surface area contributed by atoms with Gasteiger partial charge in [0.15, 0.2) is 0 Å². The lowest BCUT2D eigenvalue weighted by Gasteiger charge is -2.23. The molecule has 0 fully saturated rings. The standard InChI is InChI=1S/C9H16O3/c1-7(2)12-9(3,4)6-5-8(10)11/h5-7H,1-4H3,(H,10,11)/b6-5+. The van der Waals surface area contributed by atoms with E-state index in [9.17, 15) is 4.79 Å². The van der Waals surface area contributed by atoms with Crippen LogP contribution in [0.25, 0.3) is 0 Å². The Labute approximate surface area is 73.0 Å². The normalized spacial score (nSPS) is 12.8. The zero-order valence-corrected chi connectivity index (χ0v) is 8.00. The van der Waals surface area contributed by atoms with Crippen molar-refractivity contribution >= 4 is 5.97 Å². The minimum absolute atomic E-state index is 0.0958. The molecule has 12 heavy (non-hydrogen) atoms. The summed E-state index contributed by atoms with van der Waals surface area (Å²) in [6.07, 6.45) is 2.73. The van der Waals surface area contributed by atoms with Crippen molar-refractivity contribution in [3.05, 3.63) is 12.2 Å². The Morgan fingerprint density at radius 2 is 2.00 bits per heavy atom. The third-order valence-electron chi connectivity index (χ3n) is 1.17. The molecule has 0 aliphatic heterocycles. The predicted molar refractivity (Wildman–Crippen MR) is 47.1 cm³/mol. The summed E-state index contributed by atoms with van der Waals surface area (Å²) in [5, 5.41) is 8.37. The van der Waals surface area contributed by atoms with E-state index < -0.39 is 11.6 Å². The molecule has 0 rings (SSSR count). The maximum atomic E-state index is 10.2. The average molecular weight is 172 g/mol. The van der Waals surface area contributed by atoms with E-state index in [1.807, 2.05) is 27.7 Å². The van der Waals surface area contributed by atoms with Gasteiger partial charge in [0, 0.05) is 6.08 Å². The topological polar surface area (TPSA) is 46.5 Å². The lowest BCUT2D eigenvalue weighted by Crippen LogP contribution is -2.25. The predicted octanol–water partition coefficient (Wildman–Crippen LogP) is 1.83. The summed E-state index contributed by atoms with van der Waals surface area (Å²) in [6, 6.07) is 0. The summed E-state index contributed by atoms with van der Waals surface area (Å²) in [7, 11) is 0. The molecule has 0 aromatic rings. The average Bonchev–Trinajstić information content (AvgIpc) is 1.81. The Kier molecular flexibility index (Phi) is 3.96. The van der Waals surface area contributed by atoms with Crippen molar-refractivity contribution in [3.8, 4) is 0 Å². The van der Waals surface area contributed by atoms with Crippen LogP contribution in [-0.4, -0.2) is 22.8 Å². The Morgan fingerprint density at radius 3 is 2.33 bits per heavy atom. The van der Waals surface area contributed by atoms with Crippen LogP contribution < -0.4 is 0 Å². The van der Waals surface area contributed by atoms with Crippen LogP contribution in [-0.2, 0) is 9.53 Å². The van der Waals surface area contributed by atoms with Gasteiger partial charge in [-0.05, 0) is 33.8 Å². The van der Waals surface area contributed by atoms with E-state index in [1.54, 1.807) is 0 Å². The van der Waals surface area contributed by atoms with Gasteiger partial charge >= 0.3 is 5.97 Å². The zero-order chi connectivity index (χ0) is 9.78. The molecule has 0 heterocycles. The van der Waals surface area contributed by atoms with Crippen molar-refractivity contribution in [1.82, 2.24) is 0 Å². The molecule has 70 valence electrons. The van der Waals surface area contributed by atoms with Crippen LogP contribution in [0.3, 0.4) is 0 Å². The van der Waals surface area contributed by atoms with Crippen molar-refractivity contribution in [2.45, 2.75) is 39.4 Å². The largest absolute Gasteiger partial charge is 0.478 e. The van der Waals surface area contributed by atoms with Crippen molar-refractivity contribution in [2.75, 3.05) is 0 Å². The first-order valence-corrected chi connectivity index (χ1v) is 3.93. The molecule has 0 saturated heterocycles. The van der Waals surface area contributed by atoms with Crippen LogP contribution in [0.4, 0.5) is 0 Å². The zero-order valence-electron chi connectivity index (χ0n) is 8.00. The number of carbonyl (C=O) groups is 1. The third kappa shape index (κ3) is 5.92. The molecular formula is C9H16O3. The van der Waals surface area contributed by atoms with E-state index in [4.69, 9.17) is 9.84 Å². The fraction of sp³-hybridized carbons (Fsp3) is 0.667. The van der Waals surface area contributed by atoms with E-state index in [2.05, 4.69) is 0 Å². The number of hydrogen-bond donors (Lipinski definition) is 1. The van der Waals surface area contributed by atoms with Crippen LogP contribution in [0, 0.1) is 0 Å². The van der Waals surface area contributed by atoms with Gasteiger partial charge in [-0.15, -0.1) is 0 Å². The molecular weight excluding hydrogens is 156 g/mol. The van der Waals surface area contributed by atoms with Crippen LogP contribution in [0.15, 0.2) is 12.2 Å². The minimum atomic E-state index is -0.949. The van der Waals surface area contributed by atoms with Gasteiger partial charge in [-0.2, -0.15) is 0 Å². The smallest absolute Gasteiger partial charge is 0.328 e. The summed E-state index contributed by atoms with van der Waals surface area (Å²) < 4.78 is 5.44. The summed E-state index contributed by atoms with van der Waals surface area (Å²) in [4.78, 5) is 10.2. The molecule has 1 N–H and O–H groups in total. The number of rotatable bonds is 4. The van der Waals surface area contributed by atoms with E-state index in [-0.39, 0.29) is 6.10 Å². The highest BCUT2D eigenvalue weighted by Crippen LogP contribution is 2.13. The van der Waals surface area contributed by atoms with Crippen LogP contribution in [0.1, 0.15) is 27.7 Å². The first-order valence-electron chi connectivity index (χ1n) is 3.93. The fourth-order valence-corrected chi connectivity index (χ4v) is 0.919. The molecule has 0 aliphatic carbocycles. The Morgan fingerprint density at radius 1 is 1.50 bits per heavy atom. The van der Waals surface area contributed by atoms with Crippen molar-refractivity contribution in [1.29, 1.82) is 0 Å². The van der Waals surface area contributed by atoms with Crippen LogP contribution >= 0.6 is 0 Å². The van der Waals surface area contributed by atoms with Gasteiger partial charge in [-0.25, -0.2) is 4.79 Å². The second kappa shape index (κ2) is 4.26. The Hall–Kier alpha value is -0.830. The quantitative estimate of drug-likeness (QED) is 0.658. The lowest BCUT2D eigenvalue weighted by atomic mass is 10.1. The highest BCUT2D eigenvalue weighted by atomic mass is 16.5. The van der Waals surface area contributed by atoms with Crippen molar-refractivity contribution < 1.29 is 14.6 Å². The number of carboxylic acid groups (broad SMARTS) is 1. The van der Waals surface area contributed by atoms with Gasteiger partial charge in [-0.1, -0.05) is 0 Å². The first kappa shape index (κ1) is 11.2. The van der Waals surface area contributed by atoms with Gasteiger partial charge in [0.05, 0.1) is 11.7 Å². The monoisotopic (exact) mass is 172 g/mol. The van der Waals surface area contributed by atoms with Crippen molar-refractivity contribution in [2.24, 2.45) is 0 Å². The van der Waals surface area contributed by atoms with E-state index in [0.29, 0.717) is 0 Å². The highest BCUT2D eigenvalue weighted by Gasteiger charge is 2.15. The molecule has 0 aromatic carbocycles. The van der Waals surface area contributed by atoms with Gasteiger partial charge in [0.1, 0.15) is 0 Å². The van der Waals surface area contributed by atoms with Gasteiger partial charge in [0.2, 0.25) is 0 Å². The Bertz CT molecular complexity index is 180. The molecule has 0 aliphatic rings.